The van der Waals surface area contributed by atoms with Crippen molar-refractivity contribution < 1.29 is 23.9 Å². The molecule has 2 aliphatic rings. The first-order chi connectivity index (χ1) is 17.0. The van der Waals surface area contributed by atoms with E-state index in [1.165, 1.54) is 19.3 Å². The van der Waals surface area contributed by atoms with Crippen LogP contribution in [0.1, 0.15) is 81.5 Å². The number of ketones is 1. The summed E-state index contributed by atoms with van der Waals surface area (Å²) < 4.78 is 11.4. The van der Waals surface area contributed by atoms with Gasteiger partial charge in [0, 0.05) is 31.1 Å². The summed E-state index contributed by atoms with van der Waals surface area (Å²) in [5.74, 6) is -0.292. The summed E-state index contributed by atoms with van der Waals surface area (Å²) in [6.45, 7) is 2.18. The number of esters is 2. The number of unbranched alkanes of at least 4 members (excludes halogenated alkanes) is 4. The van der Waals surface area contributed by atoms with E-state index in [1.54, 1.807) is 12.1 Å². The number of Topliss-reactive ketones (excluding diaryl/α,β-unsaturated/α-hetero) is 1. The van der Waals surface area contributed by atoms with E-state index >= 15 is 0 Å². The number of rotatable bonds is 12. The molecule has 0 unspecified atom stereocenters. The minimum Gasteiger partial charge on any atom is -0.462 e. The Labute approximate surface area is 208 Å². The minimum absolute atomic E-state index is 0.0250. The molecule has 2 fully saturated rings. The van der Waals surface area contributed by atoms with E-state index in [1.807, 2.05) is 42.5 Å². The van der Waals surface area contributed by atoms with Crippen LogP contribution in [0.25, 0.3) is 11.1 Å². The summed E-state index contributed by atoms with van der Waals surface area (Å²) in [7, 11) is 0. The standard InChI is InChI=1S/C30H36O5/c1-2-3-4-5-9-12-24(31)17-18-25-26-19-29(32)34-28(26)20-27(25)35-30(33)23-15-13-22(14-16-23)21-10-7-6-8-11-21/h6-8,10-11,13-16,25-28H,2-5,9,12,17-20H2,1H3/t25-,26-,27-,28+/m1/s1. The van der Waals surface area contributed by atoms with Crippen LogP contribution in [0.5, 0.6) is 0 Å². The van der Waals surface area contributed by atoms with Crippen molar-refractivity contribution in [2.75, 3.05) is 0 Å². The number of hydrogen-bond acceptors (Lipinski definition) is 5. The van der Waals surface area contributed by atoms with Gasteiger partial charge in [0.15, 0.2) is 0 Å². The molecule has 5 nitrogen and oxygen atoms in total. The molecule has 0 bridgehead atoms. The lowest BCUT2D eigenvalue weighted by atomic mass is 9.87. The van der Waals surface area contributed by atoms with Crippen LogP contribution in [0.3, 0.4) is 0 Å². The van der Waals surface area contributed by atoms with E-state index < -0.39 is 0 Å². The van der Waals surface area contributed by atoms with E-state index in [9.17, 15) is 14.4 Å². The summed E-state index contributed by atoms with van der Waals surface area (Å²) in [5, 5.41) is 0. The lowest BCUT2D eigenvalue weighted by Crippen LogP contribution is -2.26. The molecule has 2 aromatic rings. The molecular weight excluding hydrogens is 440 g/mol. The van der Waals surface area contributed by atoms with Crippen molar-refractivity contribution in [1.29, 1.82) is 0 Å². The Morgan fingerprint density at radius 2 is 1.63 bits per heavy atom. The van der Waals surface area contributed by atoms with Crippen LogP contribution >= 0.6 is 0 Å². The molecule has 0 amide bonds. The van der Waals surface area contributed by atoms with Crippen molar-refractivity contribution in [1.82, 2.24) is 0 Å². The molecule has 0 N–H and O–H groups in total. The van der Waals surface area contributed by atoms with Gasteiger partial charge in [-0.15, -0.1) is 0 Å². The average molecular weight is 477 g/mol. The van der Waals surface area contributed by atoms with E-state index in [0.717, 1.165) is 24.0 Å². The largest absolute Gasteiger partial charge is 0.462 e. The van der Waals surface area contributed by atoms with Crippen molar-refractivity contribution in [3.05, 3.63) is 60.2 Å². The van der Waals surface area contributed by atoms with Gasteiger partial charge in [-0.25, -0.2) is 4.79 Å². The summed E-state index contributed by atoms with van der Waals surface area (Å²) in [6, 6.07) is 17.4. The SMILES string of the molecule is CCCCCCCC(=O)CC[C@@H]1[C@H]2CC(=O)O[C@H]2C[C@H]1OC(=O)c1ccc(-c2ccccc2)cc1. The van der Waals surface area contributed by atoms with Crippen LogP contribution in [0.15, 0.2) is 54.6 Å². The quantitative estimate of drug-likeness (QED) is 0.257. The average Bonchev–Trinajstić information content (AvgIpc) is 3.38. The highest BCUT2D eigenvalue weighted by molar-refractivity contribution is 5.90. The molecular formula is C30H36O5. The van der Waals surface area contributed by atoms with Crippen LogP contribution in [-0.2, 0) is 19.1 Å². The molecule has 2 aromatic carbocycles. The molecule has 35 heavy (non-hydrogen) atoms. The molecule has 1 aliphatic carbocycles. The van der Waals surface area contributed by atoms with Crippen LogP contribution in [-0.4, -0.2) is 29.9 Å². The maximum absolute atomic E-state index is 12.9. The van der Waals surface area contributed by atoms with E-state index in [4.69, 9.17) is 9.47 Å². The van der Waals surface area contributed by atoms with Crippen molar-refractivity contribution in [3.63, 3.8) is 0 Å². The Bertz CT molecular complexity index is 997. The third-order valence-corrected chi connectivity index (χ3v) is 7.46. The summed E-state index contributed by atoms with van der Waals surface area (Å²) in [4.78, 5) is 37.3. The predicted octanol–water partition coefficient (Wildman–Crippen LogP) is 6.54. The third-order valence-electron chi connectivity index (χ3n) is 7.46. The highest BCUT2D eigenvalue weighted by Gasteiger charge is 2.51. The molecule has 0 spiro atoms. The highest BCUT2D eigenvalue weighted by Crippen LogP contribution is 2.45. The fraction of sp³-hybridized carbons (Fsp3) is 0.500. The summed E-state index contributed by atoms with van der Waals surface area (Å²) in [5.41, 5.74) is 2.63. The Balaban J connectivity index is 1.34. The van der Waals surface area contributed by atoms with Crippen LogP contribution < -0.4 is 0 Å². The number of carbonyl (C=O) groups is 3. The monoisotopic (exact) mass is 476 g/mol. The number of ether oxygens (including phenoxy) is 2. The number of carbonyl (C=O) groups excluding carboxylic acids is 3. The lowest BCUT2D eigenvalue weighted by Gasteiger charge is -2.23. The Morgan fingerprint density at radius 1 is 0.914 bits per heavy atom. The molecule has 1 aliphatic heterocycles. The molecule has 5 heteroatoms. The third kappa shape index (κ3) is 6.59. The van der Waals surface area contributed by atoms with Gasteiger partial charge in [-0.2, -0.15) is 0 Å². The maximum atomic E-state index is 12.9. The van der Waals surface area contributed by atoms with Crippen LogP contribution in [0, 0.1) is 11.8 Å². The second kappa shape index (κ2) is 12.1. The fourth-order valence-corrected chi connectivity index (χ4v) is 5.51. The zero-order chi connectivity index (χ0) is 24.6. The van der Waals surface area contributed by atoms with Gasteiger partial charge in [0.1, 0.15) is 18.0 Å². The van der Waals surface area contributed by atoms with E-state index in [-0.39, 0.29) is 41.8 Å². The van der Waals surface area contributed by atoms with Gasteiger partial charge in [-0.05, 0) is 36.1 Å². The van der Waals surface area contributed by atoms with Gasteiger partial charge < -0.3 is 9.47 Å². The Morgan fingerprint density at radius 3 is 2.37 bits per heavy atom. The highest BCUT2D eigenvalue weighted by atomic mass is 16.6. The number of benzene rings is 2. The predicted molar refractivity (Wildman–Crippen MR) is 135 cm³/mol. The van der Waals surface area contributed by atoms with Gasteiger partial charge in [0.2, 0.25) is 0 Å². The second-order valence-electron chi connectivity index (χ2n) is 9.92. The molecule has 1 heterocycles. The fourth-order valence-electron chi connectivity index (χ4n) is 5.51. The number of fused-ring (bicyclic) bond motifs is 1. The topological polar surface area (TPSA) is 69.7 Å². The molecule has 1 saturated carbocycles. The van der Waals surface area contributed by atoms with Gasteiger partial charge >= 0.3 is 11.9 Å². The first-order valence-corrected chi connectivity index (χ1v) is 13.1. The molecule has 1 saturated heterocycles. The Kier molecular flexibility index (Phi) is 8.73. The smallest absolute Gasteiger partial charge is 0.338 e. The van der Waals surface area contributed by atoms with E-state index in [0.29, 0.717) is 37.7 Å². The zero-order valence-electron chi connectivity index (χ0n) is 20.6. The first-order valence-electron chi connectivity index (χ1n) is 13.1. The normalized spacial score (nSPS) is 23.1. The van der Waals surface area contributed by atoms with Crippen LogP contribution in [0.4, 0.5) is 0 Å². The first kappa shape index (κ1) is 25.2. The molecule has 0 radical (unpaired) electrons. The lowest BCUT2D eigenvalue weighted by molar-refractivity contribution is -0.141. The maximum Gasteiger partial charge on any atom is 0.338 e. The van der Waals surface area contributed by atoms with Gasteiger partial charge in [0.05, 0.1) is 12.0 Å². The Hall–Kier alpha value is -2.95. The van der Waals surface area contributed by atoms with Crippen molar-refractivity contribution in [2.24, 2.45) is 11.8 Å². The minimum atomic E-state index is -0.367. The van der Waals surface area contributed by atoms with Crippen molar-refractivity contribution in [3.8, 4) is 11.1 Å². The second-order valence-corrected chi connectivity index (χ2v) is 9.92. The van der Waals surface area contributed by atoms with Crippen LogP contribution in [0.2, 0.25) is 0 Å². The van der Waals surface area contributed by atoms with E-state index in [2.05, 4.69) is 6.92 Å². The summed E-state index contributed by atoms with van der Waals surface area (Å²) in [6.07, 6.45) is 7.65. The molecule has 0 aromatic heterocycles. The molecule has 186 valence electrons. The molecule has 4 atom stereocenters. The van der Waals surface area contributed by atoms with Gasteiger partial charge in [-0.1, -0.05) is 75.1 Å². The molecule has 4 rings (SSSR count). The van der Waals surface area contributed by atoms with Gasteiger partial charge in [-0.3, -0.25) is 9.59 Å². The number of hydrogen-bond donors (Lipinski definition) is 0. The zero-order valence-corrected chi connectivity index (χ0v) is 20.6. The summed E-state index contributed by atoms with van der Waals surface area (Å²) >= 11 is 0. The van der Waals surface area contributed by atoms with Gasteiger partial charge in [0.25, 0.3) is 0 Å². The van der Waals surface area contributed by atoms with Crippen molar-refractivity contribution in [2.45, 2.75) is 83.3 Å². The van der Waals surface area contributed by atoms with Crippen molar-refractivity contribution >= 4 is 17.7 Å².